The van der Waals surface area contributed by atoms with Crippen molar-refractivity contribution in [1.82, 2.24) is 16.0 Å². The molecule has 0 radical (unpaired) electrons. The van der Waals surface area contributed by atoms with Crippen molar-refractivity contribution in [3.05, 3.63) is 0 Å². The summed E-state index contributed by atoms with van der Waals surface area (Å²) in [7, 11) is 1.68. The van der Waals surface area contributed by atoms with Crippen molar-refractivity contribution in [2.45, 2.75) is 33.6 Å². The number of hydrogen-bond acceptors (Lipinski definition) is 3. The predicted octanol–water partition coefficient (Wildman–Crippen LogP) is 0.740. The van der Waals surface area contributed by atoms with E-state index in [1.54, 1.807) is 7.05 Å². The molecule has 3 N–H and O–H groups in total. The van der Waals surface area contributed by atoms with E-state index in [-0.39, 0.29) is 12.5 Å². The minimum absolute atomic E-state index is 0.0250. The fraction of sp³-hybridized carbons (Fsp3) is 0.857. The largest absolute Gasteiger partial charge is 0.380 e. The van der Waals surface area contributed by atoms with E-state index in [0.717, 1.165) is 19.4 Å². The summed E-state index contributed by atoms with van der Waals surface area (Å²) in [6.45, 7) is 9.40. The molecule has 0 aliphatic heterocycles. The van der Waals surface area contributed by atoms with Crippen molar-refractivity contribution >= 4 is 11.9 Å². The van der Waals surface area contributed by atoms with Crippen LogP contribution in [0.1, 0.15) is 33.6 Å². The third-order valence-electron chi connectivity index (χ3n) is 2.59. The van der Waals surface area contributed by atoms with Crippen LogP contribution in [0.3, 0.4) is 0 Å². The molecular weight excluding hydrogens is 256 g/mol. The van der Waals surface area contributed by atoms with Gasteiger partial charge in [0.2, 0.25) is 5.91 Å². The van der Waals surface area contributed by atoms with Crippen LogP contribution < -0.4 is 16.0 Å². The van der Waals surface area contributed by atoms with Crippen molar-refractivity contribution in [3.8, 4) is 0 Å². The second-order valence-corrected chi connectivity index (χ2v) is 5.00. The summed E-state index contributed by atoms with van der Waals surface area (Å²) in [6, 6.07) is 0. The standard InChI is InChI=1S/C14H30N4O2/c1-5-7-16-13(19)11-18-14(15-4)17-8-10-20-9-6-12(2)3/h12H,5-11H2,1-4H3,(H,16,19)(H2,15,17,18). The first-order chi connectivity index (χ1) is 9.60. The van der Waals surface area contributed by atoms with Gasteiger partial charge in [-0.25, -0.2) is 0 Å². The molecule has 118 valence electrons. The molecule has 0 aliphatic rings. The van der Waals surface area contributed by atoms with Crippen LogP contribution in [0, 0.1) is 5.92 Å². The summed E-state index contributed by atoms with van der Waals surface area (Å²) in [4.78, 5) is 15.5. The van der Waals surface area contributed by atoms with Crippen molar-refractivity contribution in [3.63, 3.8) is 0 Å². The fourth-order valence-corrected chi connectivity index (χ4v) is 1.37. The lowest BCUT2D eigenvalue weighted by Crippen LogP contribution is -2.44. The van der Waals surface area contributed by atoms with Gasteiger partial charge < -0.3 is 20.7 Å². The lowest BCUT2D eigenvalue weighted by Gasteiger charge is -2.12. The molecular formula is C14H30N4O2. The van der Waals surface area contributed by atoms with Crippen LogP contribution in [0.5, 0.6) is 0 Å². The first-order valence-electron chi connectivity index (χ1n) is 7.39. The fourth-order valence-electron chi connectivity index (χ4n) is 1.37. The van der Waals surface area contributed by atoms with E-state index < -0.39 is 0 Å². The van der Waals surface area contributed by atoms with Gasteiger partial charge in [0.1, 0.15) is 0 Å². The zero-order valence-electron chi connectivity index (χ0n) is 13.3. The van der Waals surface area contributed by atoms with Gasteiger partial charge in [-0.2, -0.15) is 0 Å². The number of hydrogen-bond donors (Lipinski definition) is 3. The first-order valence-corrected chi connectivity index (χ1v) is 7.39. The number of nitrogens with one attached hydrogen (secondary N) is 3. The molecule has 0 rings (SSSR count). The van der Waals surface area contributed by atoms with Gasteiger partial charge >= 0.3 is 0 Å². The van der Waals surface area contributed by atoms with Gasteiger partial charge in [0.25, 0.3) is 0 Å². The Kier molecular flexibility index (Phi) is 11.9. The van der Waals surface area contributed by atoms with Crippen LogP contribution in [0.4, 0.5) is 0 Å². The van der Waals surface area contributed by atoms with Gasteiger partial charge in [0.05, 0.1) is 13.2 Å². The van der Waals surface area contributed by atoms with Gasteiger partial charge in [0.15, 0.2) is 5.96 Å². The van der Waals surface area contributed by atoms with E-state index in [2.05, 4.69) is 34.8 Å². The Balaban J connectivity index is 3.60. The maximum Gasteiger partial charge on any atom is 0.239 e. The second kappa shape index (κ2) is 12.7. The Morgan fingerprint density at radius 3 is 2.50 bits per heavy atom. The molecule has 0 atom stereocenters. The highest BCUT2D eigenvalue weighted by Gasteiger charge is 2.02. The zero-order chi connectivity index (χ0) is 15.2. The lowest BCUT2D eigenvalue weighted by molar-refractivity contribution is -0.120. The molecule has 0 aromatic carbocycles. The van der Waals surface area contributed by atoms with E-state index in [1.807, 2.05) is 6.92 Å². The average molecular weight is 286 g/mol. The van der Waals surface area contributed by atoms with E-state index in [9.17, 15) is 4.79 Å². The van der Waals surface area contributed by atoms with Crippen molar-refractivity contribution < 1.29 is 9.53 Å². The smallest absolute Gasteiger partial charge is 0.239 e. The molecule has 6 heteroatoms. The zero-order valence-corrected chi connectivity index (χ0v) is 13.3. The van der Waals surface area contributed by atoms with Crippen molar-refractivity contribution in [2.75, 3.05) is 39.9 Å². The maximum absolute atomic E-state index is 11.4. The quantitative estimate of drug-likeness (QED) is 0.315. The molecule has 0 saturated heterocycles. The van der Waals surface area contributed by atoms with Gasteiger partial charge in [0, 0.05) is 26.7 Å². The Bertz CT molecular complexity index is 280. The molecule has 0 unspecified atom stereocenters. The highest BCUT2D eigenvalue weighted by Crippen LogP contribution is 1.98. The molecule has 0 spiro atoms. The molecule has 20 heavy (non-hydrogen) atoms. The summed E-state index contributed by atoms with van der Waals surface area (Å²) in [6.07, 6.45) is 2.01. The van der Waals surface area contributed by atoms with Crippen LogP contribution in [-0.4, -0.2) is 51.8 Å². The number of rotatable bonds is 10. The van der Waals surface area contributed by atoms with Gasteiger partial charge in [-0.05, 0) is 18.8 Å². The summed E-state index contributed by atoms with van der Waals surface area (Å²) in [5, 5.41) is 8.86. The third-order valence-corrected chi connectivity index (χ3v) is 2.59. The molecule has 0 aromatic rings. The summed E-state index contributed by atoms with van der Waals surface area (Å²) in [5.74, 6) is 1.26. The minimum Gasteiger partial charge on any atom is -0.380 e. The normalized spacial score (nSPS) is 11.6. The van der Waals surface area contributed by atoms with Crippen LogP contribution in [-0.2, 0) is 9.53 Å². The van der Waals surface area contributed by atoms with Crippen molar-refractivity contribution in [1.29, 1.82) is 0 Å². The van der Waals surface area contributed by atoms with Gasteiger partial charge in [-0.1, -0.05) is 20.8 Å². The van der Waals surface area contributed by atoms with Gasteiger partial charge in [-0.3, -0.25) is 9.79 Å². The average Bonchev–Trinajstić information content (AvgIpc) is 2.43. The number of carbonyl (C=O) groups is 1. The summed E-state index contributed by atoms with van der Waals surface area (Å²) < 4.78 is 5.49. The molecule has 0 fully saturated rings. The maximum atomic E-state index is 11.4. The molecule has 0 heterocycles. The van der Waals surface area contributed by atoms with Crippen LogP contribution in [0.25, 0.3) is 0 Å². The Morgan fingerprint density at radius 1 is 1.15 bits per heavy atom. The SMILES string of the molecule is CCCNC(=O)CNC(=NC)NCCOCCC(C)C. The third kappa shape index (κ3) is 11.8. The van der Waals surface area contributed by atoms with E-state index in [1.165, 1.54) is 0 Å². The minimum atomic E-state index is -0.0250. The topological polar surface area (TPSA) is 74.8 Å². The molecule has 0 bridgehead atoms. The first kappa shape index (κ1) is 18.7. The Morgan fingerprint density at radius 2 is 1.90 bits per heavy atom. The molecule has 0 aliphatic carbocycles. The highest BCUT2D eigenvalue weighted by molar-refractivity contribution is 5.86. The van der Waals surface area contributed by atoms with E-state index in [4.69, 9.17) is 4.74 Å². The monoisotopic (exact) mass is 286 g/mol. The van der Waals surface area contributed by atoms with E-state index >= 15 is 0 Å². The predicted molar refractivity (Wildman–Crippen MR) is 82.9 cm³/mol. The van der Waals surface area contributed by atoms with Crippen LogP contribution in [0.15, 0.2) is 4.99 Å². The Labute approximate surface area is 122 Å². The molecule has 0 saturated carbocycles. The summed E-state index contributed by atoms with van der Waals surface area (Å²) >= 11 is 0. The molecule has 6 nitrogen and oxygen atoms in total. The number of carbonyl (C=O) groups excluding carboxylic acids is 1. The number of amides is 1. The number of ether oxygens (including phenoxy) is 1. The van der Waals surface area contributed by atoms with Gasteiger partial charge in [-0.15, -0.1) is 0 Å². The van der Waals surface area contributed by atoms with Crippen molar-refractivity contribution in [2.24, 2.45) is 10.9 Å². The number of nitrogens with zero attached hydrogens (tertiary/aromatic N) is 1. The van der Waals surface area contributed by atoms with Crippen LogP contribution >= 0.6 is 0 Å². The Hall–Kier alpha value is -1.30. The molecule has 0 aromatic heterocycles. The lowest BCUT2D eigenvalue weighted by atomic mass is 10.1. The highest BCUT2D eigenvalue weighted by atomic mass is 16.5. The summed E-state index contributed by atoms with van der Waals surface area (Å²) in [5.41, 5.74) is 0. The second-order valence-electron chi connectivity index (χ2n) is 5.00. The number of guanidine groups is 1. The van der Waals surface area contributed by atoms with E-state index in [0.29, 0.717) is 31.6 Å². The van der Waals surface area contributed by atoms with Crippen LogP contribution in [0.2, 0.25) is 0 Å². The number of aliphatic imine (C=N–C) groups is 1. The molecule has 1 amide bonds.